The number of amides is 1. The molecule has 0 aliphatic rings. The van der Waals surface area contributed by atoms with Gasteiger partial charge in [0.25, 0.3) is 0 Å². The highest BCUT2D eigenvalue weighted by Gasteiger charge is 2.33. The number of tetrazole rings is 1. The summed E-state index contributed by atoms with van der Waals surface area (Å²) < 4.78 is 0. The van der Waals surface area contributed by atoms with E-state index < -0.39 is 12.0 Å². The lowest BCUT2D eigenvalue weighted by Crippen LogP contribution is -2.48. The molecule has 0 radical (unpaired) electrons. The number of unbranched alkanes of at least 4 members (excludes halogenated alkanes) is 1. The Morgan fingerprint density at radius 1 is 1.14 bits per heavy atom. The van der Waals surface area contributed by atoms with E-state index in [9.17, 15) is 9.59 Å². The monoisotopic (exact) mass is 476 g/mol. The van der Waals surface area contributed by atoms with Crippen LogP contribution < -0.4 is 0 Å². The van der Waals surface area contributed by atoms with Gasteiger partial charge in [0.15, 0.2) is 0 Å². The largest absolute Gasteiger partial charge is 0.357 e. The average Bonchev–Trinajstić information content (AvgIpc) is 3.41. The molecule has 3 aromatic rings. The number of benzene rings is 2. The lowest BCUT2D eigenvalue weighted by Gasteiger charge is -2.32. The first-order chi connectivity index (χ1) is 17.0. The minimum absolute atomic E-state index is 0.157. The molecular weight excluding hydrogens is 448 g/mol. The molecular formula is C24H28N8O3. The summed E-state index contributed by atoms with van der Waals surface area (Å²) in [6, 6.07) is 14.6. The molecule has 0 fully saturated rings. The van der Waals surface area contributed by atoms with Crippen LogP contribution in [0.25, 0.3) is 33.0 Å². The van der Waals surface area contributed by atoms with E-state index in [4.69, 9.17) is 5.53 Å². The van der Waals surface area contributed by atoms with Gasteiger partial charge in [-0.2, -0.15) is 5.21 Å². The van der Waals surface area contributed by atoms with Crippen LogP contribution in [0.4, 0.5) is 0 Å². The molecule has 0 saturated carbocycles. The number of carbonyl (C=O) groups is 2. The summed E-state index contributed by atoms with van der Waals surface area (Å²) >= 11 is 0. The molecule has 0 aliphatic heterocycles. The molecule has 1 N–H and O–H groups in total. The third-order valence-corrected chi connectivity index (χ3v) is 5.57. The Labute approximate surface area is 203 Å². The van der Waals surface area contributed by atoms with Gasteiger partial charge in [0.2, 0.25) is 11.7 Å². The van der Waals surface area contributed by atoms with E-state index in [1.807, 2.05) is 69.3 Å². The molecule has 0 unspecified atom stereocenters. The van der Waals surface area contributed by atoms with Crippen LogP contribution in [0.15, 0.2) is 53.8 Å². The summed E-state index contributed by atoms with van der Waals surface area (Å²) in [7, 11) is 0. The van der Waals surface area contributed by atoms with Gasteiger partial charge in [-0.15, -0.1) is 10.2 Å². The van der Waals surface area contributed by atoms with Crippen LogP contribution in [-0.2, 0) is 21.0 Å². The fourth-order valence-corrected chi connectivity index (χ4v) is 3.88. The molecule has 0 bridgehead atoms. The normalized spacial score (nSPS) is 11.5. The topological polar surface area (TPSA) is 150 Å². The van der Waals surface area contributed by atoms with Crippen molar-refractivity contribution < 1.29 is 14.4 Å². The highest BCUT2D eigenvalue weighted by molar-refractivity contribution is 5.85. The van der Waals surface area contributed by atoms with Gasteiger partial charge in [-0.3, -0.25) is 4.79 Å². The number of rotatable bonds is 11. The standard InChI is InChI=1S/C24H28N8O3/c1-4-5-10-21(33)32(22(16(2)3)24(34)35-31-28-25)15-17-11-13-18(14-12-17)19-8-6-7-9-20(19)23-26-29-30-27-23/h6-9,11-14,16,22H,4-5,10,15H2,1-3H3,(H,26,27,29,30)/t22-/m0/s1. The van der Waals surface area contributed by atoms with E-state index in [2.05, 4.69) is 35.7 Å². The number of aromatic nitrogens is 4. The van der Waals surface area contributed by atoms with Crippen LogP contribution in [-0.4, -0.2) is 43.4 Å². The van der Waals surface area contributed by atoms with E-state index in [-0.39, 0.29) is 18.4 Å². The molecule has 182 valence electrons. The van der Waals surface area contributed by atoms with Crippen molar-refractivity contribution in [3.8, 4) is 22.5 Å². The minimum atomic E-state index is -0.886. The second-order valence-electron chi connectivity index (χ2n) is 8.37. The Morgan fingerprint density at radius 2 is 1.86 bits per heavy atom. The first kappa shape index (κ1) is 25.4. The SMILES string of the molecule is CCCCC(=O)N(Cc1ccc(-c2ccccc2-c2nn[nH]n2)cc1)[C@H](C(=O)ON=[N+]=[N-])C(C)C. The lowest BCUT2D eigenvalue weighted by molar-refractivity contribution is -0.158. The zero-order valence-corrected chi connectivity index (χ0v) is 20.0. The zero-order chi connectivity index (χ0) is 25.2. The summed E-state index contributed by atoms with van der Waals surface area (Å²) in [6.45, 7) is 5.85. The number of aromatic amines is 1. The number of nitrogens with one attached hydrogen (secondary N) is 1. The fraction of sp³-hybridized carbons (Fsp3) is 0.375. The molecule has 1 heterocycles. The second-order valence-corrected chi connectivity index (χ2v) is 8.37. The predicted octanol–water partition coefficient (Wildman–Crippen LogP) is 4.85. The van der Waals surface area contributed by atoms with Crippen molar-refractivity contribution in [3.63, 3.8) is 0 Å². The van der Waals surface area contributed by atoms with Crippen LogP contribution in [0.5, 0.6) is 0 Å². The summed E-state index contributed by atoms with van der Waals surface area (Å²) in [5, 5.41) is 17.2. The molecule has 0 saturated heterocycles. The number of azide groups is 1. The Morgan fingerprint density at radius 3 is 2.46 bits per heavy atom. The third-order valence-electron chi connectivity index (χ3n) is 5.57. The van der Waals surface area contributed by atoms with Crippen LogP contribution in [0.1, 0.15) is 45.6 Å². The van der Waals surface area contributed by atoms with Gasteiger partial charge in [-0.25, -0.2) is 4.79 Å². The van der Waals surface area contributed by atoms with Crippen LogP contribution in [0.2, 0.25) is 0 Å². The molecule has 0 spiro atoms. The Hall–Kier alpha value is -4.24. The molecule has 1 atom stereocenters. The van der Waals surface area contributed by atoms with Crippen LogP contribution in [0.3, 0.4) is 0 Å². The first-order valence-electron chi connectivity index (χ1n) is 11.4. The smallest absolute Gasteiger partial charge is 0.340 e. The summed E-state index contributed by atoms with van der Waals surface area (Å²) in [5.74, 6) is -0.665. The first-order valence-corrected chi connectivity index (χ1v) is 11.4. The highest BCUT2D eigenvalue weighted by atomic mass is 16.7. The lowest BCUT2D eigenvalue weighted by atomic mass is 9.97. The van der Waals surface area contributed by atoms with Crippen molar-refractivity contribution in [1.82, 2.24) is 25.5 Å². The van der Waals surface area contributed by atoms with E-state index >= 15 is 0 Å². The quantitative estimate of drug-likeness (QED) is 0.181. The molecule has 35 heavy (non-hydrogen) atoms. The zero-order valence-electron chi connectivity index (χ0n) is 20.0. The number of hydrogen-bond donors (Lipinski definition) is 1. The molecule has 3 rings (SSSR count). The maximum absolute atomic E-state index is 13.1. The number of H-pyrrole nitrogens is 1. The summed E-state index contributed by atoms with van der Waals surface area (Å²) in [5.41, 5.74) is 12.1. The van der Waals surface area contributed by atoms with Crippen LogP contribution >= 0.6 is 0 Å². The van der Waals surface area contributed by atoms with Crippen LogP contribution in [0, 0.1) is 5.92 Å². The third kappa shape index (κ3) is 6.42. The van der Waals surface area contributed by atoms with Gasteiger partial charge >= 0.3 is 5.97 Å². The Balaban J connectivity index is 1.89. The fourth-order valence-electron chi connectivity index (χ4n) is 3.88. The summed E-state index contributed by atoms with van der Waals surface area (Å²) in [6.07, 6.45) is 1.87. The molecule has 2 aromatic carbocycles. The predicted molar refractivity (Wildman–Crippen MR) is 129 cm³/mol. The van der Waals surface area contributed by atoms with Gasteiger partial charge in [0.05, 0.1) is 0 Å². The van der Waals surface area contributed by atoms with Crippen molar-refractivity contribution >= 4 is 11.9 Å². The van der Waals surface area contributed by atoms with Gasteiger partial charge in [0, 0.05) is 23.4 Å². The molecule has 1 aromatic heterocycles. The number of nitrogens with zero attached hydrogens (tertiary/aromatic N) is 7. The second kappa shape index (κ2) is 12.3. The molecule has 1 amide bonds. The number of hydrogen-bond acceptors (Lipinski definition) is 7. The maximum Gasteiger partial charge on any atom is 0.340 e. The van der Waals surface area contributed by atoms with Crippen molar-refractivity contribution in [3.05, 3.63) is 64.5 Å². The molecule has 11 heteroatoms. The number of carbonyl (C=O) groups excluding carboxylic acids is 2. The van der Waals surface area contributed by atoms with Gasteiger partial charge < -0.3 is 9.74 Å². The van der Waals surface area contributed by atoms with E-state index in [1.165, 1.54) is 4.90 Å². The maximum atomic E-state index is 13.1. The van der Waals surface area contributed by atoms with Crippen molar-refractivity contribution in [2.24, 2.45) is 11.2 Å². The van der Waals surface area contributed by atoms with Gasteiger partial charge in [-0.1, -0.05) is 75.7 Å². The highest BCUT2D eigenvalue weighted by Crippen LogP contribution is 2.30. The van der Waals surface area contributed by atoms with Crippen molar-refractivity contribution in [2.45, 2.75) is 52.6 Å². The van der Waals surface area contributed by atoms with Gasteiger partial charge in [-0.05, 0) is 39.8 Å². The van der Waals surface area contributed by atoms with E-state index in [1.54, 1.807) is 0 Å². The molecule has 0 aliphatic carbocycles. The Kier molecular flexibility index (Phi) is 8.91. The Bertz CT molecular complexity index is 1170. The van der Waals surface area contributed by atoms with Crippen molar-refractivity contribution in [2.75, 3.05) is 0 Å². The van der Waals surface area contributed by atoms with E-state index in [0.717, 1.165) is 28.7 Å². The molecule has 11 nitrogen and oxygen atoms in total. The average molecular weight is 477 g/mol. The minimum Gasteiger partial charge on any atom is -0.357 e. The summed E-state index contributed by atoms with van der Waals surface area (Å²) in [4.78, 5) is 34.4. The van der Waals surface area contributed by atoms with Crippen molar-refractivity contribution in [1.29, 1.82) is 0 Å². The van der Waals surface area contributed by atoms with Gasteiger partial charge in [0.1, 0.15) is 11.3 Å². The van der Waals surface area contributed by atoms with E-state index in [0.29, 0.717) is 18.7 Å².